The number of hydrogen-bond acceptors (Lipinski definition) is 2. The number of benzene rings is 1. The molecule has 0 amide bonds. The molecule has 0 aliphatic carbocycles. The van der Waals surface area contributed by atoms with Gasteiger partial charge in [-0.05, 0) is 30.5 Å². The Labute approximate surface area is 92.2 Å². The molecule has 2 heteroatoms. The van der Waals surface area contributed by atoms with Gasteiger partial charge in [0.1, 0.15) is 11.9 Å². The van der Waals surface area contributed by atoms with Crippen LogP contribution in [0.4, 0.5) is 0 Å². The van der Waals surface area contributed by atoms with E-state index in [1.54, 1.807) is 7.11 Å². The lowest BCUT2D eigenvalue weighted by molar-refractivity contribution is 0.0921. The van der Waals surface area contributed by atoms with E-state index < -0.39 is 0 Å². The minimum absolute atomic E-state index is 0.0971. The SMILES string of the molecule is COCC(C)Oc1ccc(C(C)C)cc1. The molecule has 0 heterocycles. The fourth-order valence-corrected chi connectivity index (χ4v) is 1.43. The first-order valence-electron chi connectivity index (χ1n) is 5.39. The molecule has 0 fully saturated rings. The smallest absolute Gasteiger partial charge is 0.119 e. The summed E-state index contributed by atoms with van der Waals surface area (Å²) in [5.74, 6) is 1.47. The van der Waals surface area contributed by atoms with Gasteiger partial charge in [-0.3, -0.25) is 0 Å². The lowest BCUT2D eigenvalue weighted by Gasteiger charge is -2.14. The normalized spacial score (nSPS) is 12.9. The van der Waals surface area contributed by atoms with E-state index in [4.69, 9.17) is 9.47 Å². The Balaban J connectivity index is 2.56. The van der Waals surface area contributed by atoms with Crippen LogP contribution in [-0.4, -0.2) is 19.8 Å². The van der Waals surface area contributed by atoms with Crippen molar-refractivity contribution in [1.82, 2.24) is 0 Å². The third-order valence-electron chi connectivity index (χ3n) is 2.29. The molecular weight excluding hydrogens is 188 g/mol. The standard InChI is InChI=1S/C13H20O2/c1-10(2)12-5-7-13(8-6-12)15-11(3)9-14-4/h5-8,10-11H,9H2,1-4H3. The predicted molar refractivity (Wildman–Crippen MR) is 62.5 cm³/mol. The quantitative estimate of drug-likeness (QED) is 0.739. The monoisotopic (exact) mass is 208 g/mol. The van der Waals surface area contributed by atoms with Gasteiger partial charge in [0.2, 0.25) is 0 Å². The van der Waals surface area contributed by atoms with Gasteiger partial charge in [0.15, 0.2) is 0 Å². The van der Waals surface area contributed by atoms with Crippen molar-refractivity contribution in [3.8, 4) is 5.75 Å². The number of ether oxygens (including phenoxy) is 2. The van der Waals surface area contributed by atoms with Gasteiger partial charge in [-0.25, -0.2) is 0 Å². The van der Waals surface area contributed by atoms with E-state index in [0.29, 0.717) is 12.5 Å². The molecule has 0 aliphatic heterocycles. The van der Waals surface area contributed by atoms with Crippen molar-refractivity contribution in [2.24, 2.45) is 0 Å². The molecule has 15 heavy (non-hydrogen) atoms. The van der Waals surface area contributed by atoms with Gasteiger partial charge < -0.3 is 9.47 Å². The second-order valence-corrected chi connectivity index (χ2v) is 4.11. The van der Waals surface area contributed by atoms with Crippen molar-refractivity contribution in [1.29, 1.82) is 0 Å². The molecule has 1 aromatic rings. The molecule has 0 saturated heterocycles. The Morgan fingerprint density at radius 1 is 1.07 bits per heavy atom. The highest BCUT2D eigenvalue weighted by molar-refractivity contribution is 5.28. The van der Waals surface area contributed by atoms with Crippen LogP contribution in [0.2, 0.25) is 0 Å². The van der Waals surface area contributed by atoms with E-state index in [2.05, 4.69) is 26.0 Å². The zero-order valence-electron chi connectivity index (χ0n) is 9.99. The van der Waals surface area contributed by atoms with Gasteiger partial charge in [-0.2, -0.15) is 0 Å². The van der Waals surface area contributed by atoms with Crippen molar-refractivity contribution in [2.45, 2.75) is 32.8 Å². The summed E-state index contributed by atoms with van der Waals surface area (Å²) in [5, 5.41) is 0. The van der Waals surface area contributed by atoms with Gasteiger partial charge in [0.05, 0.1) is 6.61 Å². The van der Waals surface area contributed by atoms with E-state index >= 15 is 0 Å². The fourth-order valence-electron chi connectivity index (χ4n) is 1.43. The molecule has 1 aromatic carbocycles. The summed E-state index contributed by atoms with van der Waals surface area (Å²) in [6, 6.07) is 8.25. The van der Waals surface area contributed by atoms with Crippen LogP contribution in [0.5, 0.6) is 5.75 Å². The maximum Gasteiger partial charge on any atom is 0.119 e. The number of rotatable bonds is 5. The average Bonchev–Trinajstić information content (AvgIpc) is 2.18. The van der Waals surface area contributed by atoms with Crippen molar-refractivity contribution < 1.29 is 9.47 Å². The topological polar surface area (TPSA) is 18.5 Å². The highest BCUT2D eigenvalue weighted by Gasteiger charge is 2.04. The number of methoxy groups -OCH3 is 1. The Hall–Kier alpha value is -1.02. The van der Waals surface area contributed by atoms with Crippen LogP contribution >= 0.6 is 0 Å². The van der Waals surface area contributed by atoms with Crippen LogP contribution in [0.1, 0.15) is 32.3 Å². The fraction of sp³-hybridized carbons (Fsp3) is 0.538. The third-order valence-corrected chi connectivity index (χ3v) is 2.29. The molecule has 84 valence electrons. The summed E-state index contributed by atoms with van der Waals surface area (Å²) in [5.41, 5.74) is 1.33. The highest BCUT2D eigenvalue weighted by Crippen LogP contribution is 2.19. The minimum atomic E-state index is 0.0971. The van der Waals surface area contributed by atoms with Gasteiger partial charge in [-0.1, -0.05) is 26.0 Å². The van der Waals surface area contributed by atoms with E-state index in [1.807, 2.05) is 19.1 Å². The molecule has 0 N–H and O–H groups in total. The van der Waals surface area contributed by atoms with Crippen LogP contribution in [0.15, 0.2) is 24.3 Å². The Morgan fingerprint density at radius 3 is 2.13 bits per heavy atom. The first-order chi connectivity index (χ1) is 7.13. The molecule has 0 spiro atoms. The zero-order valence-corrected chi connectivity index (χ0v) is 9.99. The maximum absolute atomic E-state index is 5.66. The first-order valence-corrected chi connectivity index (χ1v) is 5.39. The van der Waals surface area contributed by atoms with Gasteiger partial charge in [0, 0.05) is 7.11 Å². The van der Waals surface area contributed by atoms with E-state index in [-0.39, 0.29) is 6.10 Å². The molecular formula is C13H20O2. The van der Waals surface area contributed by atoms with Crippen molar-refractivity contribution in [3.63, 3.8) is 0 Å². The molecule has 2 nitrogen and oxygen atoms in total. The summed E-state index contributed by atoms with van der Waals surface area (Å²) in [6.07, 6.45) is 0.0971. The minimum Gasteiger partial charge on any atom is -0.488 e. The van der Waals surface area contributed by atoms with Crippen LogP contribution in [-0.2, 0) is 4.74 Å². The summed E-state index contributed by atoms with van der Waals surface area (Å²) < 4.78 is 10.7. The Kier molecular flexibility index (Phi) is 4.63. The molecule has 0 saturated carbocycles. The highest BCUT2D eigenvalue weighted by atomic mass is 16.5. The molecule has 0 aliphatic rings. The maximum atomic E-state index is 5.66. The van der Waals surface area contributed by atoms with E-state index in [1.165, 1.54) is 5.56 Å². The van der Waals surface area contributed by atoms with Gasteiger partial charge >= 0.3 is 0 Å². The second kappa shape index (κ2) is 5.76. The van der Waals surface area contributed by atoms with Crippen molar-refractivity contribution in [3.05, 3.63) is 29.8 Å². The summed E-state index contributed by atoms with van der Waals surface area (Å²) in [4.78, 5) is 0. The molecule has 1 atom stereocenters. The molecule has 1 unspecified atom stereocenters. The summed E-state index contributed by atoms with van der Waals surface area (Å²) >= 11 is 0. The van der Waals surface area contributed by atoms with E-state index in [0.717, 1.165) is 5.75 Å². The van der Waals surface area contributed by atoms with Gasteiger partial charge in [0.25, 0.3) is 0 Å². The van der Waals surface area contributed by atoms with Crippen LogP contribution in [0.25, 0.3) is 0 Å². The molecule has 0 bridgehead atoms. The first kappa shape index (κ1) is 12.1. The van der Waals surface area contributed by atoms with Crippen molar-refractivity contribution in [2.75, 3.05) is 13.7 Å². The third kappa shape index (κ3) is 3.92. The van der Waals surface area contributed by atoms with Crippen LogP contribution in [0, 0.1) is 0 Å². The van der Waals surface area contributed by atoms with Crippen LogP contribution in [0.3, 0.4) is 0 Å². The average molecular weight is 208 g/mol. The Bertz CT molecular complexity index is 277. The molecule has 1 rings (SSSR count). The van der Waals surface area contributed by atoms with E-state index in [9.17, 15) is 0 Å². The second-order valence-electron chi connectivity index (χ2n) is 4.11. The lowest BCUT2D eigenvalue weighted by Crippen LogP contribution is -2.17. The summed E-state index contributed by atoms with van der Waals surface area (Å²) in [7, 11) is 1.68. The van der Waals surface area contributed by atoms with Crippen LogP contribution < -0.4 is 4.74 Å². The lowest BCUT2D eigenvalue weighted by atomic mass is 10.0. The molecule has 0 radical (unpaired) electrons. The summed E-state index contributed by atoms with van der Waals surface area (Å²) in [6.45, 7) is 6.98. The Morgan fingerprint density at radius 2 is 1.67 bits per heavy atom. The largest absolute Gasteiger partial charge is 0.488 e. The molecule has 0 aromatic heterocycles. The van der Waals surface area contributed by atoms with Crippen molar-refractivity contribution >= 4 is 0 Å². The zero-order chi connectivity index (χ0) is 11.3. The predicted octanol–water partition coefficient (Wildman–Crippen LogP) is 3.22. The van der Waals surface area contributed by atoms with Gasteiger partial charge in [-0.15, -0.1) is 0 Å². The number of hydrogen-bond donors (Lipinski definition) is 0.